The van der Waals surface area contributed by atoms with Gasteiger partial charge in [-0.05, 0) is 27.7 Å². The van der Waals surface area contributed by atoms with Crippen LogP contribution in [-0.2, 0) is 114 Å². The number of amides is 4. The largest absolute Gasteiger partial charge is 0.460 e. The second kappa shape index (κ2) is 43.3. The van der Waals surface area contributed by atoms with E-state index >= 15 is 0 Å². The van der Waals surface area contributed by atoms with Crippen LogP contribution in [0.15, 0.2) is 101 Å². The number of alkyl carbamates (subject to hydrolysis) is 4. The van der Waals surface area contributed by atoms with Crippen molar-refractivity contribution in [1.82, 2.24) is 21.3 Å². The number of esters is 8. The maximum absolute atomic E-state index is 13.0. The van der Waals surface area contributed by atoms with Gasteiger partial charge in [0.2, 0.25) is 0 Å². The molecule has 0 aromatic heterocycles. The van der Waals surface area contributed by atoms with Crippen molar-refractivity contribution in [3.05, 3.63) is 101 Å². The molecule has 0 aliphatic carbocycles. The molecule has 496 valence electrons. The van der Waals surface area contributed by atoms with Gasteiger partial charge in [-0.1, -0.05) is 52.6 Å². The van der Waals surface area contributed by atoms with E-state index in [0.29, 0.717) is 0 Å². The second-order valence-corrected chi connectivity index (χ2v) is 19.5. The monoisotopic (exact) mass is 1270 g/mol. The van der Waals surface area contributed by atoms with E-state index in [1.54, 1.807) is 0 Å². The molecule has 4 amide bonds. The molecule has 0 spiro atoms. The van der Waals surface area contributed by atoms with Gasteiger partial charge in [-0.15, -0.1) is 0 Å². The van der Waals surface area contributed by atoms with Crippen LogP contribution in [-0.4, -0.2) is 226 Å². The lowest BCUT2D eigenvalue weighted by molar-refractivity contribution is -0.146. The zero-order valence-electron chi connectivity index (χ0n) is 50.3. The van der Waals surface area contributed by atoms with Crippen LogP contribution in [0.3, 0.4) is 0 Å². The van der Waals surface area contributed by atoms with Gasteiger partial charge in [-0.3, -0.25) is 0 Å². The summed E-state index contributed by atoms with van der Waals surface area (Å²) in [6, 6.07) is 0. The summed E-state index contributed by atoms with van der Waals surface area (Å²) in [6.07, 6.45) is 2.72. The lowest BCUT2D eigenvalue weighted by atomic mass is 9.92. The zero-order chi connectivity index (χ0) is 67.4. The fourth-order valence-electron chi connectivity index (χ4n) is 6.08. The molecule has 0 aliphatic heterocycles. The van der Waals surface area contributed by atoms with E-state index in [4.69, 9.17) is 75.8 Å². The van der Waals surface area contributed by atoms with Crippen molar-refractivity contribution in [1.29, 1.82) is 0 Å². The third kappa shape index (κ3) is 37.7. The Bertz CT molecular complexity index is 2050. The van der Waals surface area contributed by atoms with Crippen LogP contribution in [0, 0.1) is 5.41 Å². The van der Waals surface area contributed by atoms with Gasteiger partial charge < -0.3 is 97.1 Å². The van der Waals surface area contributed by atoms with E-state index in [1.807, 2.05) is 0 Å². The molecule has 0 saturated heterocycles. The van der Waals surface area contributed by atoms with Gasteiger partial charge in [0.05, 0.1) is 58.3 Å². The Hall–Kier alpha value is -9.40. The summed E-state index contributed by atoms with van der Waals surface area (Å²) in [5, 5.41) is 9.83. The van der Waals surface area contributed by atoms with Crippen molar-refractivity contribution in [3.63, 3.8) is 0 Å². The van der Waals surface area contributed by atoms with Crippen LogP contribution in [0.5, 0.6) is 0 Å². The highest BCUT2D eigenvalue weighted by Crippen LogP contribution is 2.22. The highest BCUT2D eigenvalue weighted by Gasteiger charge is 2.36. The predicted octanol–water partition coefficient (Wildman–Crippen LogP) is 1.81. The molecule has 0 rings (SSSR count). The molecule has 0 bridgehead atoms. The summed E-state index contributed by atoms with van der Waals surface area (Å²) in [5.74, 6) is -6.77. The number of nitrogens with one attached hydrogen (secondary N) is 4. The van der Waals surface area contributed by atoms with Crippen LogP contribution in [0.1, 0.15) is 27.7 Å². The first-order valence-electron chi connectivity index (χ1n) is 26.5. The third-order valence-corrected chi connectivity index (χ3v) is 10.7. The standard InChI is InChI=1S/C57H80N4O28/c1-13-41(62)82-29-53(9,30-83-42(63)14-2)58-49(70)78-25-21-74-37-57(38-75-22-26-79-50(71)59-54(10,31-84-43(64)15-3)32-85-44(65)16-4,39-76-23-27-80-51(72)60-55(11,33-86-45(66)17-5)34-87-46(67)18-6)40-77-24-28-81-52(73)61-56(12,35-88-47(68)19-7)36-89-48(69)20-8/h13-20H,1-8,21-40H2,9-12H3,(H,58,70)(H,59,71)(H,60,72)(H,61,73). The Kier molecular flexibility index (Phi) is 38.7. The molecule has 89 heavy (non-hydrogen) atoms. The van der Waals surface area contributed by atoms with Crippen LogP contribution in [0.25, 0.3) is 0 Å². The molecule has 0 unspecified atom stereocenters. The molecular formula is C57H80N4O28. The highest BCUT2D eigenvalue weighted by atomic mass is 16.6. The van der Waals surface area contributed by atoms with Crippen molar-refractivity contribution < 1.29 is 133 Å². The zero-order valence-corrected chi connectivity index (χ0v) is 50.3. The Balaban J connectivity index is 6.83. The predicted molar refractivity (Wildman–Crippen MR) is 307 cm³/mol. The molecule has 0 heterocycles. The Morgan fingerprint density at radius 2 is 0.393 bits per heavy atom. The minimum absolute atomic E-state index is 0.340. The van der Waals surface area contributed by atoms with E-state index in [2.05, 4.69) is 73.9 Å². The van der Waals surface area contributed by atoms with E-state index in [0.717, 1.165) is 48.6 Å². The smallest absolute Gasteiger partial charge is 0.407 e. The van der Waals surface area contributed by atoms with Gasteiger partial charge in [0.1, 0.15) is 101 Å². The second-order valence-electron chi connectivity index (χ2n) is 19.5. The highest BCUT2D eigenvalue weighted by molar-refractivity contribution is 5.84. The summed E-state index contributed by atoms with van der Waals surface area (Å²) in [4.78, 5) is 147. The SMILES string of the molecule is C=CC(=O)OCC(C)(COC(=O)C=C)NC(=O)OCCOCC(COCCOC(=O)NC(C)(COC(=O)C=C)COC(=O)C=C)(COCCOC(=O)NC(C)(COC(=O)C=C)COC(=O)C=C)COCCOC(=O)NC(C)(COC(=O)C=C)COC(=O)C=C. The van der Waals surface area contributed by atoms with Crippen molar-refractivity contribution in [3.8, 4) is 0 Å². The van der Waals surface area contributed by atoms with Crippen LogP contribution in [0.4, 0.5) is 19.2 Å². The van der Waals surface area contributed by atoms with Gasteiger partial charge in [-0.25, -0.2) is 57.5 Å². The van der Waals surface area contributed by atoms with Crippen molar-refractivity contribution in [2.24, 2.45) is 5.41 Å². The molecule has 0 aromatic rings. The van der Waals surface area contributed by atoms with Crippen LogP contribution in [0.2, 0.25) is 0 Å². The maximum Gasteiger partial charge on any atom is 0.407 e. The lowest BCUT2D eigenvalue weighted by Crippen LogP contribution is -2.53. The molecule has 0 fully saturated rings. The van der Waals surface area contributed by atoms with Crippen molar-refractivity contribution in [2.75, 3.05) is 132 Å². The number of ether oxygens (including phenoxy) is 16. The average molecular weight is 1270 g/mol. The fraction of sp³-hybridized carbons (Fsp3) is 0.509. The average Bonchev–Trinajstić information content (AvgIpc) is 3.69. The fourth-order valence-corrected chi connectivity index (χ4v) is 6.08. The first-order chi connectivity index (χ1) is 42.0. The molecule has 0 aliphatic rings. The van der Waals surface area contributed by atoms with Gasteiger partial charge in [-0.2, -0.15) is 0 Å². The van der Waals surface area contributed by atoms with E-state index in [1.165, 1.54) is 27.7 Å². The molecule has 0 saturated carbocycles. The molecule has 4 N–H and O–H groups in total. The normalized spacial score (nSPS) is 11.1. The summed E-state index contributed by atoms with van der Waals surface area (Å²) >= 11 is 0. The van der Waals surface area contributed by atoms with E-state index in [-0.39, 0.29) is 52.9 Å². The molecule has 32 heteroatoms. The third-order valence-electron chi connectivity index (χ3n) is 10.7. The minimum atomic E-state index is -1.52. The van der Waals surface area contributed by atoms with Gasteiger partial charge in [0, 0.05) is 48.6 Å². The lowest BCUT2D eigenvalue weighted by Gasteiger charge is -2.33. The number of hydrogen-bond donors (Lipinski definition) is 4. The maximum atomic E-state index is 13.0. The number of carbonyl (C=O) groups excluding carboxylic acids is 12. The molecule has 0 aromatic carbocycles. The Morgan fingerprint density at radius 1 is 0.247 bits per heavy atom. The van der Waals surface area contributed by atoms with Gasteiger partial charge in [0.15, 0.2) is 0 Å². The molecule has 32 nitrogen and oxygen atoms in total. The summed E-state index contributed by atoms with van der Waals surface area (Å²) < 4.78 is 85.5. The molecular weight excluding hydrogens is 1190 g/mol. The Labute approximate surface area is 514 Å². The summed E-state index contributed by atoms with van der Waals surface area (Å²) in [5.41, 5.74) is -7.50. The number of rotatable bonds is 48. The topological polar surface area (TPSA) is 401 Å². The summed E-state index contributed by atoms with van der Waals surface area (Å²) in [7, 11) is 0. The molecule has 0 atom stereocenters. The minimum Gasteiger partial charge on any atom is -0.460 e. The quantitative estimate of drug-likeness (QED) is 0.0292. The molecule has 0 radical (unpaired) electrons. The van der Waals surface area contributed by atoms with Crippen LogP contribution >= 0.6 is 0 Å². The summed E-state index contributed by atoms with van der Waals surface area (Å²) in [6.45, 7) is 23.6. The van der Waals surface area contributed by atoms with Crippen molar-refractivity contribution in [2.45, 2.75) is 49.9 Å². The number of carbonyl (C=O) groups is 12. The van der Waals surface area contributed by atoms with Crippen molar-refractivity contribution >= 4 is 72.1 Å². The van der Waals surface area contributed by atoms with Crippen LogP contribution < -0.4 is 21.3 Å². The van der Waals surface area contributed by atoms with E-state index in [9.17, 15) is 57.5 Å². The van der Waals surface area contributed by atoms with E-state index < -0.39 is 179 Å². The van der Waals surface area contributed by atoms with Gasteiger partial charge in [0.25, 0.3) is 0 Å². The van der Waals surface area contributed by atoms with Gasteiger partial charge >= 0.3 is 72.1 Å². The number of hydrogen-bond acceptors (Lipinski definition) is 28. The Morgan fingerprint density at radius 3 is 0.528 bits per heavy atom. The first-order valence-corrected chi connectivity index (χ1v) is 26.5. The first kappa shape index (κ1) is 79.6.